The average molecular weight is 541 g/mol. The van der Waals surface area contributed by atoms with Gasteiger partial charge in [-0.05, 0) is 53.7 Å². The quantitative estimate of drug-likeness (QED) is 0.157. The number of nitrogens with one attached hydrogen (secondary N) is 1. The molecule has 0 saturated heterocycles. The third-order valence-electron chi connectivity index (χ3n) is 7.50. The number of hydrogen-bond donors (Lipinski definition) is 3. The zero-order valence-electron chi connectivity index (χ0n) is 23.4. The van der Waals surface area contributed by atoms with E-state index in [2.05, 4.69) is 70.2 Å². The number of benzene rings is 2. The minimum atomic E-state index is -2.02. The van der Waals surface area contributed by atoms with Gasteiger partial charge in [-0.15, -0.1) is 0 Å². The van der Waals surface area contributed by atoms with Crippen molar-refractivity contribution in [2.75, 3.05) is 0 Å². The van der Waals surface area contributed by atoms with Crippen LogP contribution in [-0.4, -0.2) is 35.3 Å². The van der Waals surface area contributed by atoms with E-state index in [0.717, 1.165) is 23.1 Å². The van der Waals surface area contributed by atoms with Gasteiger partial charge in [0.1, 0.15) is 11.8 Å². The van der Waals surface area contributed by atoms with Crippen molar-refractivity contribution in [2.45, 2.75) is 84.1 Å². The van der Waals surface area contributed by atoms with Crippen LogP contribution in [0.2, 0.25) is 18.1 Å². The molecule has 8 nitrogen and oxygen atoms in total. The maximum Gasteiger partial charge on any atom is 0.278 e. The molecular weight excluding hydrogens is 500 g/mol. The van der Waals surface area contributed by atoms with Crippen LogP contribution in [0.1, 0.15) is 63.3 Å². The standard InChI is InChI=1S/C29H40N2O6Si/c1-8-20-9-13-22(14-10-20)23-15-11-21(12-16-23)18-35-29(5,27(33)30-34)26(32)25-17-24(37-31-25)19-36-38(6,7)28(2,3)4/h9-17,26,32,34H,8,18-19H2,1-7H3,(H,30,33)/t26-,29-/m0/s1. The Kier molecular flexibility index (Phi) is 9.33. The molecule has 0 spiro atoms. The molecule has 3 aromatic rings. The third-order valence-corrected chi connectivity index (χ3v) is 12.0. The Morgan fingerprint density at radius 3 is 2.05 bits per heavy atom. The lowest BCUT2D eigenvalue weighted by molar-refractivity contribution is -0.174. The first-order valence-corrected chi connectivity index (χ1v) is 15.8. The first-order valence-electron chi connectivity index (χ1n) is 12.8. The van der Waals surface area contributed by atoms with Crippen molar-refractivity contribution in [1.82, 2.24) is 10.6 Å². The van der Waals surface area contributed by atoms with Crippen molar-refractivity contribution in [1.29, 1.82) is 0 Å². The topological polar surface area (TPSA) is 114 Å². The van der Waals surface area contributed by atoms with Gasteiger partial charge in [0.25, 0.3) is 5.91 Å². The number of aryl methyl sites for hydroxylation is 1. The number of carbonyl (C=O) groups is 1. The summed E-state index contributed by atoms with van der Waals surface area (Å²) < 4.78 is 17.4. The summed E-state index contributed by atoms with van der Waals surface area (Å²) in [6.07, 6.45) is -0.514. The van der Waals surface area contributed by atoms with Crippen LogP contribution in [0.15, 0.2) is 59.1 Å². The van der Waals surface area contributed by atoms with E-state index in [-0.39, 0.29) is 23.9 Å². The molecule has 9 heteroatoms. The lowest BCUT2D eigenvalue weighted by Crippen LogP contribution is -2.50. The number of aromatic nitrogens is 1. The largest absolute Gasteiger partial charge is 0.409 e. The maximum absolute atomic E-state index is 12.6. The predicted molar refractivity (Wildman–Crippen MR) is 148 cm³/mol. The molecule has 1 amide bonds. The van der Waals surface area contributed by atoms with Gasteiger partial charge in [-0.1, -0.05) is 81.4 Å². The first-order chi connectivity index (χ1) is 17.8. The second-order valence-corrected chi connectivity index (χ2v) is 16.1. The molecule has 1 aromatic heterocycles. The number of hydroxylamine groups is 1. The highest BCUT2D eigenvalue weighted by atomic mass is 28.4. The minimum absolute atomic E-state index is 0.0230. The second-order valence-electron chi connectivity index (χ2n) is 11.3. The SMILES string of the molecule is CCc1ccc(-c2ccc(CO[C@](C)(C(=O)NO)[C@@H](O)c3cc(CO[Si](C)(C)C(C)(C)C)on3)cc2)cc1. The van der Waals surface area contributed by atoms with Crippen molar-refractivity contribution in [3.05, 3.63) is 77.2 Å². The monoisotopic (exact) mass is 540 g/mol. The molecule has 0 aliphatic carbocycles. The highest BCUT2D eigenvalue weighted by molar-refractivity contribution is 6.74. The molecule has 2 aromatic carbocycles. The van der Waals surface area contributed by atoms with Crippen molar-refractivity contribution >= 4 is 14.2 Å². The van der Waals surface area contributed by atoms with Gasteiger partial charge in [-0.2, -0.15) is 0 Å². The summed E-state index contributed by atoms with van der Waals surface area (Å²) in [6, 6.07) is 17.7. The Hall–Kier alpha value is -2.82. The Morgan fingerprint density at radius 2 is 1.55 bits per heavy atom. The molecular formula is C29H40N2O6Si. The van der Waals surface area contributed by atoms with Crippen molar-refractivity contribution in [3.63, 3.8) is 0 Å². The average Bonchev–Trinajstić information content (AvgIpc) is 3.38. The molecule has 0 radical (unpaired) electrons. The van der Waals surface area contributed by atoms with E-state index in [1.807, 2.05) is 24.3 Å². The number of carbonyl (C=O) groups excluding carboxylic acids is 1. The van der Waals surface area contributed by atoms with Gasteiger partial charge in [0, 0.05) is 6.07 Å². The Bertz CT molecular complexity index is 1200. The number of hydrogen-bond acceptors (Lipinski definition) is 7. The van der Waals surface area contributed by atoms with E-state index in [0.29, 0.717) is 5.76 Å². The summed E-state index contributed by atoms with van der Waals surface area (Å²) in [5, 5.41) is 24.4. The number of aliphatic hydroxyl groups excluding tert-OH is 1. The van der Waals surface area contributed by atoms with Crippen LogP contribution in [-0.2, 0) is 33.6 Å². The summed E-state index contributed by atoms with van der Waals surface area (Å²) in [4.78, 5) is 12.6. The minimum Gasteiger partial charge on any atom is -0.409 e. The molecule has 3 rings (SSSR count). The van der Waals surface area contributed by atoms with Gasteiger partial charge in [0.05, 0.1) is 13.2 Å². The van der Waals surface area contributed by atoms with E-state index >= 15 is 0 Å². The van der Waals surface area contributed by atoms with Crippen molar-refractivity contribution in [2.24, 2.45) is 0 Å². The third kappa shape index (κ3) is 6.78. The summed E-state index contributed by atoms with van der Waals surface area (Å²) in [6.45, 7) is 14.4. The van der Waals surface area contributed by atoms with Gasteiger partial charge < -0.3 is 18.8 Å². The fourth-order valence-corrected chi connectivity index (χ4v) is 4.55. The zero-order chi connectivity index (χ0) is 28.1. The van der Waals surface area contributed by atoms with Crippen LogP contribution in [0.5, 0.6) is 0 Å². The molecule has 1 heterocycles. The zero-order valence-corrected chi connectivity index (χ0v) is 24.4. The lowest BCUT2D eigenvalue weighted by Gasteiger charge is -2.35. The Labute approximate surface area is 226 Å². The van der Waals surface area contributed by atoms with Gasteiger partial charge in [-0.3, -0.25) is 10.0 Å². The first kappa shape index (κ1) is 29.7. The highest BCUT2D eigenvalue weighted by Gasteiger charge is 2.45. The van der Waals surface area contributed by atoms with E-state index < -0.39 is 25.9 Å². The lowest BCUT2D eigenvalue weighted by atomic mass is 9.95. The van der Waals surface area contributed by atoms with Crippen molar-refractivity contribution in [3.8, 4) is 11.1 Å². The van der Waals surface area contributed by atoms with Gasteiger partial charge in [0.2, 0.25) is 0 Å². The predicted octanol–water partition coefficient (Wildman–Crippen LogP) is 5.94. The number of ether oxygens (including phenoxy) is 1. The van der Waals surface area contributed by atoms with Crippen LogP contribution in [0.25, 0.3) is 11.1 Å². The second kappa shape index (κ2) is 11.9. The molecule has 0 aliphatic rings. The fourth-order valence-electron chi connectivity index (χ4n) is 3.62. The number of amides is 1. The fraction of sp³-hybridized carbons (Fsp3) is 0.448. The van der Waals surface area contributed by atoms with Crippen LogP contribution < -0.4 is 5.48 Å². The van der Waals surface area contributed by atoms with E-state index in [1.165, 1.54) is 12.5 Å². The Balaban J connectivity index is 1.70. The molecule has 0 unspecified atom stereocenters. The van der Waals surface area contributed by atoms with Crippen LogP contribution in [0, 0.1) is 0 Å². The maximum atomic E-state index is 12.6. The smallest absolute Gasteiger partial charge is 0.278 e. The summed E-state index contributed by atoms with van der Waals surface area (Å²) in [5.74, 6) is -0.474. The summed E-state index contributed by atoms with van der Waals surface area (Å²) in [5.41, 5.74) is 4.11. The molecule has 0 saturated carbocycles. The highest BCUT2D eigenvalue weighted by Crippen LogP contribution is 2.37. The summed E-state index contributed by atoms with van der Waals surface area (Å²) in [7, 11) is -2.02. The summed E-state index contributed by atoms with van der Waals surface area (Å²) >= 11 is 0. The van der Waals surface area contributed by atoms with Gasteiger partial charge >= 0.3 is 0 Å². The molecule has 38 heavy (non-hydrogen) atoms. The van der Waals surface area contributed by atoms with E-state index in [1.54, 1.807) is 11.5 Å². The van der Waals surface area contributed by atoms with Crippen LogP contribution in [0.3, 0.4) is 0 Å². The molecule has 3 N–H and O–H groups in total. The van der Waals surface area contributed by atoms with E-state index in [9.17, 15) is 15.1 Å². The normalized spacial score (nSPS) is 14.7. The molecule has 0 aliphatic heterocycles. The van der Waals surface area contributed by atoms with Gasteiger partial charge in [-0.25, -0.2) is 5.48 Å². The molecule has 0 fully saturated rings. The van der Waals surface area contributed by atoms with E-state index in [4.69, 9.17) is 13.7 Å². The van der Waals surface area contributed by atoms with Gasteiger partial charge in [0.15, 0.2) is 19.7 Å². The van der Waals surface area contributed by atoms with Crippen LogP contribution >= 0.6 is 0 Å². The Morgan fingerprint density at radius 1 is 1.00 bits per heavy atom. The van der Waals surface area contributed by atoms with Crippen molar-refractivity contribution < 1.29 is 28.8 Å². The number of rotatable bonds is 11. The molecule has 2 atom stereocenters. The number of aliphatic hydroxyl groups is 1. The number of nitrogens with zero attached hydrogens (tertiary/aromatic N) is 1. The molecule has 0 bridgehead atoms. The van der Waals surface area contributed by atoms with Crippen LogP contribution in [0.4, 0.5) is 0 Å². The molecule has 206 valence electrons.